The second-order valence-electron chi connectivity index (χ2n) is 5.68. The molecule has 20 heavy (non-hydrogen) atoms. The maximum atomic E-state index is 13.7. The van der Waals surface area contributed by atoms with Crippen LogP contribution in [0, 0.1) is 17.6 Å². The van der Waals surface area contributed by atoms with Crippen molar-refractivity contribution in [1.29, 1.82) is 0 Å². The fourth-order valence-corrected chi connectivity index (χ4v) is 2.85. The van der Waals surface area contributed by atoms with Gasteiger partial charge in [-0.1, -0.05) is 6.92 Å². The number of nitrogens with one attached hydrogen (secondary N) is 1. The molecule has 2 rings (SSSR count). The molecule has 1 aliphatic heterocycles. The van der Waals surface area contributed by atoms with Crippen molar-refractivity contribution in [3.8, 4) is 0 Å². The predicted molar refractivity (Wildman–Crippen MR) is 77.5 cm³/mol. The number of halogens is 2. The zero-order valence-electron chi connectivity index (χ0n) is 12.2. The number of rotatable bonds is 6. The zero-order chi connectivity index (χ0) is 14.4. The lowest BCUT2D eigenvalue weighted by molar-refractivity contribution is 0.163. The molecule has 1 heterocycles. The van der Waals surface area contributed by atoms with Crippen LogP contribution in [-0.4, -0.2) is 31.1 Å². The van der Waals surface area contributed by atoms with E-state index >= 15 is 0 Å². The van der Waals surface area contributed by atoms with E-state index in [0.717, 1.165) is 39.0 Å². The highest BCUT2D eigenvalue weighted by molar-refractivity contribution is 5.18. The molecule has 0 aliphatic carbocycles. The Kier molecular flexibility index (Phi) is 5.92. The number of hydrogen-bond donors (Lipinski definition) is 1. The Morgan fingerprint density at radius 1 is 1.35 bits per heavy atom. The summed E-state index contributed by atoms with van der Waals surface area (Å²) in [6.45, 7) is 6.68. The average molecular weight is 282 g/mol. The van der Waals surface area contributed by atoms with E-state index in [1.54, 1.807) is 0 Å². The molecule has 112 valence electrons. The summed E-state index contributed by atoms with van der Waals surface area (Å²) in [7, 11) is 0. The van der Waals surface area contributed by atoms with Crippen LogP contribution in [0.4, 0.5) is 8.78 Å². The molecule has 1 unspecified atom stereocenters. The van der Waals surface area contributed by atoms with Gasteiger partial charge in [0.2, 0.25) is 0 Å². The van der Waals surface area contributed by atoms with Crippen LogP contribution >= 0.6 is 0 Å². The van der Waals surface area contributed by atoms with Crippen molar-refractivity contribution in [1.82, 2.24) is 10.2 Å². The molecule has 0 amide bonds. The van der Waals surface area contributed by atoms with E-state index in [4.69, 9.17) is 0 Å². The minimum absolute atomic E-state index is 0.308. The summed E-state index contributed by atoms with van der Waals surface area (Å²) >= 11 is 0. The highest BCUT2D eigenvalue weighted by Gasteiger charge is 2.20. The van der Waals surface area contributed by atoms with Gasteiger partial charge >= 0.3 is 0 Å². The van der Waals surface area contributed by atoms with E-state index in [2.05, 4.69) is 17.1 Å². The topological polar surface area (TPSA) is 15.3 Å². The Labute approximate surface area is 120 Å². The van der Waals surface area contributed by atoms with Gasteiger partial charge in [0, 0.05) is 18.7 Å². The Balaban J connectivity index is 1.87. The summed E-state index contributed by atoms with van der Waals surface area (Å²) in [6, 6.07) is 3.70. The van der Waals surface area contributed by atoms with Gasteiger partial charge < -0.3 is 5.32 Å². The van der Waals surface area contributed by atoms with Gasteiger partial charge in [0.1, 0.15) is 11.6 Å². The van der Waals surface area contributed by atoms with Gasteiger partial charge in [0.25, 0.3) is 0 Å². The molecule has 1 N–H and O–H groups in total. The van der Waals surface area contributed by atoms with E-state index in [9.17, 15) is 8.78 Å². The molecule has 1 atom stereocenters. The lowest BCUT2D eigenvalue weighted by Crippen LogP contribution is -2.39. The Hall–Kier alpha value is -1.00. The lowest BCUT2D eigenvalue weighted by Gasteiger charge is -2.33. The summed E-state index contributed by atoms with van der Waals surface area (Å²) in [5.41, 5.74) is 0.465. The SMILES string of the molecule is CCCNCC1CCCN(Cc2cc(F)ccc2F)C1. The van der Waals surface area contributed by atoms with Gasteiger partial charge in [0.05, 0.1) is 0 Å². The van der Waals surface area contributed by atoms with E-state index < -0.39 is 0 Å². The molecule has 1 aromatic carbocycles. The predicted octanol–water partition coefficient (Wildman–Crippen LogP) is 3.18. The van der Waals surface area contributed by atoms with Crippen LogP contribution in [0.2, 0.25) is 0 Å². The number of likely N-dealkylation sites (tertiary alicyclic amines) is 1. The average Bonchev–Trinajstić information content (AvgIpc) is 2.44. The number of benzene rings is 1. The quantitative estimate of drug-likeness (QED) is 0.806. The standard InChI is InChI=1S/C16H24F2N2/c1-2-7-19-10-13-4-3-8-20(11-13)12-14-9-15(17)5-6-16(14)18/h5-6,9,13,19H,2-4,7-8,10-12H2,1H3. The second-order valence-corrected chi connectivity index (χ2v) is 5.68. The van der Waals surface area contributed by atoms with Gasteiger partial charge in [-0.3, -0.25) is 4.90 Å². The Bertz CT molecular complexity index is 423. The zero-order valence-corrected chi connectivity index (χ0v) is 12.2. The fourth-order valence-electron chi connectivity index (χ4n) is 2.85. The van der Waals surface area contributed by atoms with E-state index in [1.165, 1.54) is 24.6 Å². The minimum atomic E-state index is -0.362. The molecule has 2 nitrogen and oxygen atoms in total. The monoisotopic (exact) mass is 282 g/mol. The van der Waals surface area contributed by atoms with Crippen LogP contribution in [-0.2, 0) is 6.54 Å². The Morgan fingerprint density at radius 3 is 3.00 bits per heavy atom. The first-order chi connectivity index (χ1) is 9.69. The smallest absolute Gasteiger partial charge is 0.127 e. The molecule has 4 heteroatoms. The van der Waals surface area contributed by atoms with Crippen LogP contribution in [0.3, 0.4) is 0 Å². The summed E-state index contributed by atoms with van der Waals surface area (Å²) in [4.78, 5) is 2.24. The maximum Gasteiger partial charge on any atom is 0.127 e. The van der Waals surface area contributed by atoms with Crippen molar-refractivity contribution in [2.75, 3.05) is 26.2 Å². The molecule has 0 spiro atoms. The van der Waals surface area contributed by atoms with Crippen molar-refractivity contribution >= 4 is 0 Å². The maximum absolute atomic E-state index is 13.7. The first kappa shape index (κ1) is 15.4. The summed E-state index contributed by atoms with van der Waals surface area (Å²) in [6.07, 6.45) is 3.50. The summed E-state index contributed by atoms with van der Waals surface area (Å²) < 4.78 is 26.9. The van der Waals surface area contributed by atoms with Crippen molar-refractivity contribution in [2.24, 2.45) is 5.92 Å². The molecule has 1 saturated heterocycles. The van der Waals surface area contributed by atoms with E-state index in [-0.39, 0.29) is 11.6 Å². The molecule has 1 aliphatic rings. The van der Waals surface area contributed by atoms with Crippen molar-refractivity contribution < 1.29 is 8.78 Å². The molecule has 0 bridgehead atoms. The summed E-state index contributed by atoms with van der Waals surface area (Å²) in [5, 5.41) is 3.45. The van der Waals surface area contributed by atoms with Crippen molar-refractivity contribution in [3.05, 3.63) is 35.4 Å². The van der Waals surface area contributed by atoms with Gasteiger partial charge in [-0.05, 0) is 63.0 Å². The number of piperidine rings is 1. The molecule has 1 aromatic rings. The van der Waals surface area contributed by atoms with Gasteiger partial charge in [0.15, 0.2) is 0 Å². The van der Waals surface area contributed by atoms with Crippen LogP contribution in [0.1, 0.15) is 31.7 Å². The van der Waals surface area contributed by atoms with Crippen LogP contribution in [0.15, 0.2) is 18.2 Å². The summed E-state index contributed by atoms with van der Waals surface area (Å²) in [5.74, 6) is -0.0517. The van der Waals surface area contributed by atoms with Crippen molar-refractivity contribution in [3.63, 3.8) is 0 Å². The minimum Gasteiger partial charge on any atom is -0.316 e. The largest absolute Gasteiger partial charge is 0.316 e. The second kappa shape index (κ2) is 7.70. The molecule has 1 fully saturated rings. The highest BCUT2D eigenvalue weighted by atomic mass is 19.1. The number of hydrogen-bond acceptors (Lipinski definition) is 2. The normalized spacial score (nSPS) is 20.2. The van der Waals surface area contributed by atoms with Crippen LogP contribution < -0.4 is 5.32 Å². The molecule has 0 radical (unpaired) electrons. The van der Waals surface area contributed by atoms with Gasteiger partial charge in [-0.25, -0.2) is 8.78 Å². The van der Waals surface area contributed by atoms with Gasteiger partial charge in [-0.15, -0.1) is 0 Å². The fraction of sp³-hybridized carbons (Fsp3) is 0.625. The Morgan fingerprint density at radius 2 is 2.20 bits per heavy atom. The molecule has 0 saturated carbocycles. The first-order valence-electron chi connectivity index (χ1n) is 7.56. The third-order valence-electron chi connectivity index (χ3n) is 3.86. The first-order valence-corrected chi connectivity index (χ1v) is 7.56. The molecule has 0 aromatic heterocycles. The van der Waals surface area contributed by atoms with E-state index in [1.807, 2.05) is 0 Å². The third-order valence-corrected chi connectivity index (χ3v) is 3.86. The highest BCUT2D eigenvalue weighted by Crippen LogP contribution is 2.19. The van der Waals surface area contributed by atoms with Crippen LogP contribution in [0.25, 0.3) is 0 Å². The van der Waals surface area contributed by atoms with E-state index in [0.29, 0.717) is 18.0 Å². The van der Waals surface area contributed by atoms with Crippen LogP contribution in [0.5, 0.6) is 0 Å². The lowest BCUT2D eigenvalue weighted by atomic mass is 9.97. The molecular formula is C16H24F2N2. The van der Waals surface area contributed by atoms with Crippen molar-refractivity contribution in [2.45, 2.75) is 32.7 Å². The number of nitrogens with zero attached hydrogens (tertiary/aromatic N) is 1. The van der Waals surface area contributed by atoms with Gasteiger partial charge in [-0.2, -0.15) is 0 Å². The third kappa shape index (κ3) is 4.53. The molecular weight excluding hydrogens is 258 g/mol.